The van der Waals surface area contributed by atoms with Gasteiger partial charge in [0.15, 0.2) is 0 Å². The van der Waals surface area contributed by atoms with Crippen molar-refractivity contribution in [3.63, 3.8) is 0 Å². The molecule has 17 heavy (non-hydrogen) atoms. The molecule has 0 saturated carbocycles. The normalized spacial score (nSPS) is 11.3. The average molecular weight is 234 g/mol. The topological polar surface area (TPSA) is 58.4 Å². The number of hydrogen-bond donors (Lipinski definition) is 1. The first-order valence-corrected chi connectivity index (χ1v) is 5.73. The van der Waals surface area contributed by atoms with Crippen molar-refractivity contribution in [1.29, 1.82) is 0 Å². The van der Waals surface area contributed by atoms with Crippen LogP contribution in [0.2, 0.25) is 0 Å². The maximum Gasteiger partial charge on any atom is 0.256 e. The van der Waals surface area contributed by atoms with Crippen LogP contribution >= 0.6 is 0 Å². The fraction of sp³-hybridized carbons (Fsp3) is 0.545. The van der Waals surface area contributed by atoms with Crippen LogP contribution in [0.25, 0.3) is 5.78 Å². The lowest BCUT2D eigenvalue weighted by Crippen LogP contribution is -2.17. The van der Waals surface area contributed by atoms with Gasteiger partial charge in [-0.2, -0.15) is 0 Å². The third-order valence-corrected chi connectivity index (χ3v) is 2.50. The molecule has 2 aromatic heterocycles. The van der Waals surface area contributed by atoms with E-state index in [0.29, 0.717) is 5.78 Å². The van der Waals surface area contributed by atoms with Crippen LogP contribution in [0.4, 0.5) is 5.82 Å². The number of aromatic nitrogens is 4. The molecule has 1 N–H and O–H groups in total. The Labute approximate surface area is 101 Å². The van der Waals surface area contributed by atoms with Crippen molar-refractivity contribution in [1.82, 2.24) is 24.5 Å². The molecule has 2 heterocycles. The molecule has 6 heteroatoms. The van der Waals surface area contributed by atoms with Crippen molar-refractivity contribution < 1.29 is 0 Å². The van der Waals surface area contributed by atoms with E-state index in [1.807, 2.05) is 17.4 Å². The highest BCUT2D eigenvalue weighted by Gasteiger charge is 2.04. The number of aryl methyl sites for hydroxylation is 1. The molecule has 0 aliphatic rings. The van der Waals surface area contributed by atoms with E-state index in [2.05, 4.69) is 39.5 Å². The summed E-state index contributed by atoms with van der Waals surface area (Å²) in [5.74, 6) is 1.64. The van der Waals surface area contributed by atoms with Crippen LogP contribution < -0.4 is 5.32 Å². The van der Waals surface area contributed by atoms with E-state index < -0.39 is 0 Å². The average Bonchev–Trinajstić information content (AvgIpc) is 2.71. The van der Waals surface area contributed by atoms with Gasteiger partial charge < -0.3 is 10.2 Å². The van der Waals surface area contributed by atoms with Crippen molar-refractivity contribution in [3.05, 3.63) is 18.1 Å². The second-order valence-electron chi connectivity index (χ2n) is 4.37. The minimum absolute atomic E-state index is 0.639. The SMILES string of the molecule is Cc1cc(NCCCN(C)C)n2cnnc2n1. The van der Waals surface area contributed by atoms with Gasteiger partial charge in [-0.3, -0.25) is 4.40 Å². The minimum Gasteiger partial charge on any atom is -0.371 e. The van der Waals surface area contributed by atoms with Gasteiger partial charge >= 0.3 is 0 Å². The molecule has 92 valence electrons. The zero-order chi connectivity index (χ0) is 12.3. The van der Waals surface area contributed by atoms with Gasteiger partial charge in [0.2, 0.25) is 0 Å². The Balaban J connectivity index is 2.04. The molecule has 6 nitrogen and oxygen atoms in total. The molecule has 0 radical (unpaired) electrons. The molecule has 0 saturated heterocycles. The van der Waals surface area contributed by atoms with Crippen LogP contribution in [-0.4, -0.2) is 51.7 Å². The summed E-state index contributed by atoms with van der Waals surface area (Å²) in [5.41, 5.74) is 0.945. The summed E-state index contributed by atoms with van der Waals surface area (Å²) >= 11 is 0. The van der Waals surface area contributed by atoms with Gasteiger partial charge in [-0.15, -0.1) is 10.2 Å². The summed E-state index contributed by atoms with van der Waals surface area (Å²) in [7, 11) is 4.16. The van der Waals surface area contributed by atoms with Crippen LogP contribution in [0.15, 0.2) is 12.4 Å². The number of hydrogen-bond acceptors (Lipinski definition) is 5. The molecule has 0 unspecified atom stereocenters. The summed E-state index contributed by atoms with van der Waals surface area (Å²) in [6, 6.07) is 2.01. The minimum atomic E-state index is 0.639. The lowest BCUT2D eigenvalue weighted by atomic mass is 10.3. The molecule has 2 aromatic rings. The maximum atomic E-state index is 4.29. The molecule has 0 aliphatic carbocycles. The largest absolute Gasteiger partial charge is 0.371 e. The highest BCUT2D eigenvalue weighted by atomic mass is 15.3. The fourth-order valence-electron chi connectivity index (χ4n) is 1.68. The predicted molar refractivity (Wildman–Crippen MR) is 67.2 cm³/mol. The summed E-state index contributed by atoms with van der Waals surface area (Å²) in [6.45, 7) is 3.96. The lowest BCUT2D eigenvalue weighted by Gasteiger charge is -2.11. The molecule has 0 bridgehead atoms. The highest BCUT2D eigenvalue weighted by Crippen LogP contribution is 2.10. The van der Waals surface area contributed by atoms with Gasteiger partial charge in [0.25, 0.3) is 5.78 Å². The first-order chi connectivity index (χ1) is 8.16. The van der Waals surface area contributed by atoms with E-state index >= 15 is 0 Å². The summed E-state index contributed by atoms with van der Waals surface area (Å²) in [5, 5.41) is 11.2. The first kappa shape index (κ1) is 11.8. The van der Waals surface area contributed by atoms with E-state index in [4.69, 9.17) is 0 Å². The molecule has 2 rings (SSSR count). The van der Waals surface area contributed by atoms with Crippen LogP contribution in [0.5, 0.6) is 0 Å². The smallest absolute Gasteiger partial charge is 0.256 e. The van der Waals surface area contributed by atoms with Gasteiger partial charge in [0.1, 0.15) is 12.1 Å². The van der Waals surface area contributed by atoms with Gasteiger partial charge in [0, 0.05) is 18.3 Å². The van der Waals surface area contributed by atoms with Crippen LogP contribution in [-0.2, 0) is 0 Å². The molecule has 0 atom stereocenters. The molecular weight excluding hydrogens is 216 g/mol. The summed E-state index contributed by atoms with van der Waals surface area (Å²) in [6.07, 6.45) is 2.77. The second kappa shape index (κ2) is 5.09. The Morgan fingerprint density at radius 2 is 2.24 bits per heavy atom. The van der Waals surface area contributed by atoms with E-state index in [-0.39, 0.29) is 0 Å². The third-order valence-electron chi connectivity index (χ3n) is 2.50. The van der Waals surface area contributed by atoms with E-state index in [1.54, 1.807) is 6.33 Å². The Morgan fingerprint density at radius 3 is 3.00 bits per heavy atom. The van der Waals surface area contributed by atoms with Crippen molar-refractivity contribution in [3.8, 4) is 0 Å². The second-order valence-corrected chi connectivity index (χ2v) is 4.37. The quantitative estimate of drug-likeness (QED) is 0.775. The van der Waals surface area contributed by atoms with E-state index in [0.717, 1.165) is 31.0 Å². The Hall–Kier alpha value is -1.69. The first-order valence-electron chi connectivity index (χ1n) is 5.73. The van der Waals surface area contributed by atoms with Crippen molar-refractivity contribution in [2.75, 3.05) is 32.5 Å². The number of fused-ring (bicyclic) bond motifs is 1. The molecule has 0 aromatic carbocycles. The lowest BCUT2D eigenvalue weighted by molar-refractivity contribution is 0.405. The molecule has 0 fully saturated rings. The zero-order valence-electron chi connectivity index (χ0n) is 10.5. The van der Waals surface area contributed by atoms with Crippen molar-refractivity contribution in [2.45, 2.75) is 13.3 Å². The Bertz CT molecular complexity index is 490. The number of nitrogens with one attached hydrogen (secondary N) is 1. The van der Waals surface area contributed by atoms with Gasteiger partial charge in [-0.25, -0.2) is 4.98 Å². The van der Waals surface area contributed by atoms with Gasteiger partial charge in [-0.05, 0) is 34.0 Å². The Kier molecular flexibility index (Phi) is 3.53. The van der Waals surface area contributed by atoms with E-state index in [9.17, 15) is 0 Å². The molecule has 0 amide bonds. The fourth-order valence-corrected chi connectivity index (χ4v) is 1.68. The van der Waals surface area contributed by atoms with Crippen LogP contribution in [0, 0.1) is 6.92 Å². The van der Waals surface area contributed by atoms with Crippen LogP contribution in [0.1, 0.15) is 12.1 Å². The van der Waals surface area contributed by atoms with Crippen LogP contribution in [0.3, 0.4) is 0 Å². The highest BCUT2D eigenvalue weighted by molar-refractivity contribution is 5.45. The standard InChI is InChI=1S/C11H18N6/c1-9-7-10(12-5-4-6-16(2)3)17-8-13-15-11(17)14-9/h7-8,12H,4-6H2,1-3H3. The van der Waals surface area contributed by atoms with E-state index in [1.165, 1.54) is 0 Å². The van der Waals surface area contributed by atoms with Crippen molar-refractivity contribution in [2.24, 2.45) is 0 Å². The maximum absolute atomic E-state index is 4.29. The predicted octanol–water partition coefficient (Wildman–Crippen LogP) is 0.796. The third kappa shape index (κ3) is 2.91. The number of anilines is 1. The summed E-state index contributed by atoms with van der Waals surface area (Å²) in [4.78, 5) is 6.47. The Morgan fingerprint density at radius 1 is 1.41 bits per heavy atom. The monoisotopic (exact) mass is 234 g/mol. The number of rotatable bonds is 5. The van der Waals surface area contributed by atoms with Crippen molar-refractivity contribution >= 4 is 11.6 Å². The number of nitrogens with zero attached hydrogens (tertiary/aromatic N) is 5. The molecular formula is C11H18N6. The summed E-state index contributed by atoms with van der Waals surface area (Å²) < 4.78 is 1.86. The van der Waals surface area contributed by atoms with Gasteiger partial charge in [-0.1, -0.05) is 0 Å². The molecule has 0 aliphatic heterocycles. The molecule has 0 spiro atoms. The van der Waals surface area contributed by atoms with Gasteiger partial charge in [0.05, 0.1) is 0 Å². The zero-order valence-corrected chi connectivity index (χ0v) is 10.5.